The van der Waals surface area contributed by atoms with Crippen molar-refractivity contribution in [3.63, 3.8) is 0 Å². The molecule has 1 aromatic heterocycles. The molecule has 0 amide bonds. The van der Waals surface area contributed by atoms with Crippen LogP contribution in [0.3, 0.4) is 0 Å². The third-order valence-corrected chi connectivity index (χ3v) is 4.33. The SMILES string of the molecule is O=C(O)C1CCCCC1c1ccsc1Cl. The first-order valence-corrected chi connectivity index (χ1v) is 6.41. The highest BCUT2D eigenvalue weighted by Gasteiger charge is 2.33. The van der Waals surface area contributed by atoms with E-state index in [0.717, 1.165) is 35.6 Å². The summed E-state index contributed by atoms with van der Waals surface area (Å²) in [6.45, 7) is 0. The molecular weight excluding hydrogens is 232 g/mol. The van der Waals surface area contributed by atoms with Crippen molar-refractivity contribution in [2.24, 2.45) is 5.92 Å². The summed E-state index contributed by atoms with van der Waals surface area (Å²) >= 11 is 7.55. The van der Waals surface area contributed by atoms with Crippen molar-refractivity contribution < 1.29 is 9.90 Å². The molecule has 1 aliphatic carbocycles. The average molecular weight is 245 g/mol. The van der Waals surface area contributed by atoms with Gasteiger partial charge in [0.1, 0.15) is 0 Å². The Morgan fingerprint density at radius 2 is 2.20 bits per heavy atom. The zero-order valence-electron chi connectivity index (χ0n) is 8.28. The van der Waals surface area contributed by atoms with E-state index < -0.39 is 5.97 Å². The number of carboxylic acids is 1. The summed E-state index contributed by atoms with van der Waals surface area (Å²) in [5.41, 5.74) is 1.04. The van der Waals surface area contributed by atoms with Gasteiger partial charge >= 0.3 is 5.97 Å². The highest BCUT2D eigenvalue weighted by Crippen LogP contribution is 2.42. The Morgan fingerprint density at radius 3 is 2.80 bits per heavy atom. The molecule has 2 atom stereocenters. The third kappa shape index (κ3) is 2.18. The molecular formula is C11H13ClO2S. The maximum Gasteiger partial charge on any atom is 0.307 e. The topological polar surface area (TPSA) is 37.3 Å². The second kappa shape index (κ2) is 4.54. The van der Waals surface area contributed by atoms with E-state index >= 15 is 0 Å². The van der Waals surface area contributed by atoms with Crippen LogP contribution in [-0.4, -0.2) is 11.1 Å². The smallest absolute Gasteiger partial charge is 0.307 e. The Hall–Kier alpha value is -0.540. The van der Waals surface area contributed by atoms with Crippen molar-refractivity contribution in [2.45, 2.75) is 31.6 Å². The van der Waals surface area contributed by atoms with Gasteiger partial charge in [0.25, 0.3) is 0 Å². The summed E-state index contributed by atoms with van der Waals surface area (Å²) in [6.07, 6.45) is 3.87. The van der Waals surface area contributed by atoms with Crippen LogP contribution in [-0.2, 0) is 4.79 Å². The van der Waals surface area contributed by atoms with Gasteiger partial charge in [-0.3, -0.25) is 4.79 Å². The molecule has 15 heavy (non-hydrogen) atoms. The fourth-order valence-electron chi connectivity index (χ4n) is 2.37. The van der Waals surface area contributed by atoms with Crippen molar-refractivity contribution in [2.75, 3.05) is 0 Å². The van der Waals surface area contributed by atoms with E-state index in [4.69, 9.17) is 16.7 Å². The predicted molar refractivity (Wildman–Crippen MR) is 61.7 cm³/mol. The third-order valence-electron chi connectivity index (χ3n) is 3.13. The van der Waals surface area contributed by atoms with Gasteiger partial charge < -0.3 is 5.11 Å². The van der Waals surface area contributed by atoms with Crippen LogP contribution in [0, 0.1) is 5.92 Å². The standard InChI is InChI=1S/C11H13ClO2S/c12-10-8(5-6-15-10)7-3-1-2-4-9(7)11(13)14/h5-7,9H,1-4H2,(H,13,14). The number of thiophene rings is 1. The lowest BCUT2D eigenvalue weighted by atomic mass is 9.76. The summed E-state index contributed by atoms with van der Waals surface area (Å²) < 4.78 is 0.758. The summed E-state index contributed by atoms with van der Waals surface area (Å²) in [7, 11) is 0. The number of halogens is 1. The van der Waals surface area contributed by atoms with Gasteiger partial charge in [0, 0.05) is 0 Å². The zero-order valence-corrected chi connectivity index (χ0v) is 9.85. The van der Waals surface area contributed by atoms with Gasteiger partial charge in [-0.05, 0) is 35.8 Å². The number of aliphatic carboxylic acids is 1. The van der Waals surface area contributed by atoms with E-state index in [2.05, 4.69) is 0 Å². The summed E-state index contributed by atoms with van der Waals surface area (Å²) in [6, 6.07) is 1.97. The van der Waals surface area contributed by atoms with Crippen molar-refractivity contribution in [1.82, 2.24) is 0 Å². The summed E-state index contributed by atoms with van der Waals surface area (Å²) in [5, 5.41) is 11.1. The molecule has 1 saturated carbocycles. The van der Waals surface area contributed by atoms with Gasteiger partial charge in [0.15, 0.2) is 0 Å². The van der Waals surface area contributed by atoms with Crippen LogP contribution in [0.4, 0.5) is 0 Å². The van der Waals surface area contributed by atoms with E-state index in [0.29, 0.717) is 0 Å². The van der Waals surface area contributed by atoms with Gasteiger partial charge in [0.2, 0.25) is 0 Å². The van der Waals surface area contributed by atoms with Crippen LogP contribution in [0.25, 0.3) is 0 Å². The normalized spacial score (nSPS) is 26.5. The molecule has 1 aliphatic rings. The predicted octanol–water partition coefficient (Wildman–Crippen LogP) is 3.76. The summed E-state index contributed by atoms with van der Waals surface area (Å²) in [5.74, 6) is -0.803. The van der Waals surface area contributed by atoms with Crippen molar-refractivity contribution in [3.8, 4) is 0 Å². The molecule has 1 N–H and O–H groups in total. The van der Waals surface area contributed by atoms with Crippen molar-refractivity contribution in [3.05, 3.63) is 21.3 Å². The number of hydrogen-bond donors (Lipinski definition) is 1. The lowest BCUT2D eigenvalue weighted by molar-refractivity contribution is -0.143. The second-order valence-corrected chi connectivity index (χ2v) is 5.50. The Kier molecular flexibility index (Phi) is 3.32. The minimum Gasteiger partial charge on any atom is -0.481 e. The molecule has 0 spiro atoms. The first-order valence-electron chi connectivity index (χ1n) is 5.16. The van der Waals surface area contributed by atoms with E-state index in [1.807, 2.05) is 11.4 Å². The van der Waals surface area contributed by atoms with Crippen LogP contribution < -0.4 is 0 Å². The lowest BCUT2D eigenvalue weighted by Crippen LogP contribution is -2.25. The van der Waals surface area contributed by atoms with E-state index in [1.54, 1.807) is 0 Å². The van der Waals surface area contributed by atoms with Crippen LogP contribution in [0.5, 0.6) is 0 Å². The molecule has 0 aromatic carbocycles. The molecule has 1 heterocycles. The highest BCUT2D eigenvalue weighted by atomic mass is 35.5. The molecule has 0 radical (unpaired) electrons. The number of hydrogen-bond acceptors (Lipinski definition) is 2. The fraction of sp³-hybridized carbons (Fsp3) is 0.545. The number of rotatable bonds is 2. The first-order chi connectivity index (χ1) is 7.20. The van der Waals surface area contributed by atoms with Crippen molar-refractivity contribution in [1.29, 1.82) is 0 Å². The number of carboxylic acid groups (broad SMARTS) is 1. The van der Waals surface area contributed by atoms with Gasteiger partial charge in [-0.2, -0.15) is 0 Å². The Labute approximate surface area is 97.9 Å². The van der Waals surface area contributed by atoms with Gasteiger partial charge in [0.05, 0.1) is 10.3 Å². The van der Waals surface area contributed by atoms with Gasteiger partial charge in [-0.15, -0.1) is 11.3 Å². The number of carbonyl (C=O) groups is 1. The van der Waals surface area contributed by atoms with Crippen LogP contribution in [0.2, 0.25) is 4.34 Å². The highest BCUT2D eigenvalue weighted by molar-refractivity contribution is 7.14. The molecule has 0 aliphatic heterocycles. The molecule has 0 saturated heterocycles. The molecule has 2 rings (SSSR count). The van der Waals surface area contributed by atoms with E-state index in [9.17, 15) is 4.79 Å². The van der Waals surface area contributed by atoms with Crippen LogP contribution in [0.1, 0.15) is 37.2 Å². The Morgan fingerprint density at radius 1 is 1.47 bits per heavy atom. The summed E-state index contributed by atoms with van der Waals surface area (Å²) in [4.78, 5) is 11.1. The molecule has 0 bridgehead atoms. The molecule has 2 nitrogen and oxygen atoms in total. The monoisotopic (exact) mass is 244 g/mol. The van der Waals surface area contributed by atoms with E-state index in [1.165, 1.54) is 11.3 Å². The van der Waals surface area contributed by atoms with Crippen LogP contribution >= 0.6 is 22.9 Å². The van der Waals surface area contributed by atoms with Gasteiger partial charge in [-0.25, -0.2) is 0 Å². The minimum atomic E-state index is -0.679. The Bertz CT molecular complexity index is 361. The van der Waals surface area contributed by atoms with Crippen LogP contribution in [0.15, 0.2) is 11.4 Å². The maximum atomic E-state index is 11.1. The average Bonchev–Trinajstić information content (AvgIpc) is 2.64. The maximum absolute atomic E-state index is 11.1. The zero-order chi connectivity index (χ0) is 10.8. The van der Waals surface area contributed by atoms with Gasteiger partial charge in [-0.1, -0.05) is 24.4 Å². The molecule has 82 valence electrons. The molecule has 1 aromatic rings. The fourth-order valence-corrected chi connectivity index (χ4v) is 3.42. The molecule has 1 fully saturated rings. The first kappa shape index (κ1) is 11.0. The van der Waals surface area contributed by atoms with E-state index in [-0.39, 0.29) is 11.8 Å². The Balaban J connectivity index is 2.25. The molecule has 4 heteroatoms. The molecule has 2 unspecified atom stereocenters. The van der Waals surface area contributed by atoms with Crippen molar-refractivity contribution >= 4 is 28.9 Å². The lowest BCUT2D eigenvalue weighted by Gasteiger charge is -2.28. The largest absolute Gasteiger partial charge is 0.481 e. The minimum absolute atomic E-state index is 0.120. The quantitative estimate of drug-likeness (QED) is 0.860. The second-order valence-electron chi connectivity index (χ2n) is 3.99.